The van der Waals surface area contributed by atoms with Gasteiger partial charge in [-0.3, -0.25) is 4.79 Å². The van der Waals surface area contributed by atoms with Crippen LogP contribution in [0.4, 0.5) is 13.2 Å². The lowest BCUT2D eigenvalue weighted by atomic mass is 9.79. The molecule has 154 valence electrons. The van der Waals surface area contributed by atoms with Crippen LogP contribution in [0.5, 0.6) is 0 Å². The van der Waals surface area contributed by atoms with Crippen molar-refractivity contribution in [3.63, 3.8) is 0 Å². The van der Waals surface area contributed by atoms with Crippen LogP contribution in [0.2, 0.25) is 0 Å². The van der Waals surface area contributed by atoms with Gasteiger partial charge < -0.3 is 9.94 Å². The Bertz CT molecular complexity index is 757. The first-order valence-corrected chi connectivity index (χ1v) is 10.0. The van der Waals surface area contributed by atoms with Gasteiger partial charge in [0.05, 0.1) is 16.8 Å². The number of carbonyl (C=O) groups is 1. The summed E-state index contributed by atoms with van der Waals surface area (Å²) in [5.74, 6) is 0.564. The number of aliphatic hydroxyl groups is 1. The summed E-state index contributed by atoms with van der Waals surface area (Å²) in [6, 6.07) is 5.04. The average Bonchev–Trinajstić information content (AvgIpc) is 2.63. The topological polar surface area (TPSA) is 58.9 Å². The summed E-state index contributed by atoms with van der Waals surface area (Å²) in [7, 11) is 0. The zero-order valence-corrected chi connectivity index (χ0v) is 16.9. The third kappa shape index (κ3) is 5.77. The highest BCUT2D eigenvalue weighted by Gasteiger charge is 2.32. The number of halogens is 3. The summed E-state index contributed by atoms with van der Waals surface area (Å²) < 4.78 is 37.9. The van der Waals surface area contributed by atoms with Crippen LogP contribution in [0.15, 0.2) is 45.6 Å². The molecule has 0 aliphatic heterocycles. The number of aliphatic hydroxyl groups excluding tert-OH is 1. The predicted molar refractivity (Wildman–Crippen MR) is 103 cm³/mol. The molecule has 0 radical (unpaired) electrons. The Labute approximate surface area is 166 Å². The molecule has 1 aliphatic rings. The number of rotatable bonds is 7. The SMILES string of the molecule is CCON=C(C)C1=C(O)CC(C(C)CSc2ccc(C(F)(F)F)cc2)CC1=O. The van der Waals surface area contributed by atoms with E-state index in [1.54, 1.807) is 13.8 Å². The maximum atomic E-state index is 12.6. The van der Waals surface area contributed by atoms with E-state index >= 15 is 0 Å². The maximum absolute atomic E-state index is 12.6. The monoisotopic (exact) mass is 415 g/mol. The van der Waals surface area contributed by atoms with Crippen molar-refractivity contribution in [3.8, 4) is 0 Å². The second-order valence-corrected chi connectivity index (χ2v) is 7.91. The van der Waals surface area contributed by atoms with Crippen LogP contribution in [-0.2, 0) is 15.8 Å². The lowest BCUT2D eigenvalue weighted by molar-refractivity contribution is -0.137. The molecule has 0 saturated heterocycles. The molecule has 1 aromatic carbocycles. The number of Topliss-reactive ketones (excluding diaryl/α,β-unsaturated/α-hetero) is 1. The highest BCUT2D eigenvalue weighted by molar-refractivity contribution is 7.99. The van der Waals surface area contributed by atoms with Crippen LogP contribution in [0, 0.1) is 11.8 Å². The number of hydrogen-bond acceptors (Lipinski definition) is 5. The molecule has 1 N–H and O–H groups in total. The molecular weight excluding hydrogens is 391 g/mol. The molecule has 4 nitrogen and oxygen atoms in total. The lowest BCUT2D eigenvalue weighted by Crippen LogP contribution is -2.28. The van der Waals surface area contributed by atoms with Crippen LogP contribution >= 0.6 is 11.8 Å². The summed E-state index contributed by atoms with van der Waals surface area (Å²) in [5, 5.41) is 14.2. The quantitative estimate of drug-likeness (QED) is 0.356. The van der Waals surface area contributed by atoms with E-state index in [2.05, 4.69) is 5.16 Å². The molecule has 0 bridgehead atoms. The largest absolute Gasteiger partial charge is 0.511 e. The van der Waals surface area contributed by atoms with Gasteiger partial charge in [-0.2, -0.15) is 13.2 Å². The van der Waals surface area contributed by atoms with Gasteiger partial charge in [-0.15, -0.1) is 11.8 Å². The average molecular weight is 415 g/mol. The first kappa shape index (κ1) is 22.3. The molecule has 0 saturated carbocycles. The standard InChI is InChI=1S/C20H24F3NO3S/c1-4-27-24-13(3)19-17(25)9-14(10-18(19)26)12(2)11-28-16-7-5-15(6-8-16)20(21,22)23/h5-8,12,14,25H,4,9-11H2,1-3H3. The molecule has 0 amide bonds. The Morgan fingerprint density at radius 2 is 1.96 bits per heavy atom. The van der Waals surface area contributed by atoms with Crippen LogP contribution in [0.3, 0.4) is 0 Å². The summed E-state index contributed by atoms with van der Waals surface area (Å²) in [6.45, 7) is 5.76. The Balaban J connectivity index is 1.98. The molecule has 2 unspecified atom stereocenters. The van der Waals surface area contributed by atoms with Gasteiger partial charge in [0.1, 0.15) is 12.4 Å². The van der Waals surface area contributed by atoms with E-state index in [1.807, 2.05) is 6.92 Å². The van der Waals surface area contributed by atoms with Crippen molar-refractivity contribution in [2.24, 2.45) is 17.0 Å². The summed E-state index contributed by atoms with van der Waals surface area (Å²) in [5.41, 5.74) is -0.0728. The van der Waals surface area contributed by atoms with Crippen LogP contribution in [0.1, 0.15) is 39.2 Å². The fraction of sp³-hybridized carbons (Fsp3) is 0.500. The van der Waals surface area contributed by atoms with Gasteiger partial charge in [0, 0.05) is 23.5 Å². The van der Waals surface area contributed by atoms with E-state index in [0.29, 0.717) is 30.9 Å². The second kappa shape index (κ2) is 9.49. The first-order valence-electron chi connectivity index (χ1n) is 9.05. The fourth-order valence-corrected chi connectivity index (χ4v) is 4.10. The predicted octanol–water partition coefficient (Wildman–Crippen LogP) is 5.64. The summed E-state index contributed by atoms with van der Waals surface area (Å²) in [6.07, 6.45) is -3.67. The first-order chi connectivity index (χ1) is 13.1. The number of benzene rings is 1. The van der Waals surface area contributed by atoms with Crippen molar-refractivity contribution >= 4 is 23.3 Å². The minimum absolute atomic E-state index is 0.0218. The van der Waals surface area contributed by atoms with E-state index in [0.717, 1.165) is 17.0 Å². The Hall–Kier alpha value is -1.96. The highest BCUT2D eigenvalue weighted by Crippen LogP contribution is 2.35. The van der Waals surface area contributed by atoms with Crippen LogP contribution in [0.25, 0.3) is 0 Å². The van der Waals surface area contributed by atoms with E-state index in [4.69, 9.17) is 4.84 Å². The van der Waals surface area contributed by atoms with Gasteiger partial charge in [0.25, 0.3) is 0 Å². The second-order valence-electron chi connectivity index (χ2n) is 6.82. The van der Waals surface area contributed by atoms with Gasteiger partial charge in [0.15, 0.2) is 5.78 Å². The van der Waals surface area contributed by atoms with Crippen molar-refractivity contribution in [1.29, 1.82) is 0 Å². The number of alkyl halides is 3. The van der Waals surface area contributed by atoms with E-state index in [9.17, 15) is 23.1 Å². The molecule has 28 heavy (non-hydrogen) atoms. The zero-order valence-electron chi connectivity index (χ0n) is 16.0. The van der Waals surface area contributed by atoms with Crippen molar-refractivity contribution in [3.05, 3.63) is 41.2 Å². The van der Waals surface area contributed by atoms with Gasteiger partial charge in [0.2, 0.25) is 0 Å². The van der Waals surface area contributed by atoms with E-state index in [1.165, 1.54) is 23.9 Å². The van der Waals surface area contributed by atoms with Gasteiger partial charge in [-0.1, -0.05) is 12.1 Å². The molecule has 2 rings (SSSR count). The minimum Gasteiger partial charge on any atom is -0.511 e. The Morgan fingerprint density at radius 1 is 1.32 bits per heavy atom. The van der Waals surface area contributed by atoms with Gasteiger partial charge in [-0.05, 0) is 49.9 Å². The molecule has 0 fully saturated rings. The summed E-state index contributed by atoms with van der Waals surface area (Å²) in [4.78, 5) is 18.2. The fourth-order valence-electron chi connectivity index (χ4n) is 3.05. The highest BCUT2D eigenvalue weighted by atomic mass is 32.2. The number of ketones is 1. The lowest BCUT2D eigenvalue weighted by Gasteiger charge is -2.28. The van der Waals surface area contributed by atoms with Gasteiger partial charge in [-0.25, -0.2) is 0 Å². The van der Waals surface area contributed by atoms with Crippen molar-refractivity contribution in [2.75, 3.05) is 12.4 Å². The molecule has 8 heteroatoms. The molecular formula is C20H24F3NO3S. The number of allylic oxidation sites excluding steroid dienone is 2. The molecule has 1 aromatic rings. The minimum atomic E-state index is -4.34. The molecule has 0 spiro atoms. The molecule has 0 heterocycles. The Kier molecular flexibility index (Phi) is 7.57. The molecule has 0 aromatic heterocycles. The van der Waals surface area contributed by atoms with E-state index < -0.39 is 11.7 Å². The molecule has 2 atom stereocenters. The number of thioether (sulfide) groups is 1. The van der Waals surface area contributed by atoms with Crippen LogP contribution in [-0.4, -0.2) is 29.0 Å². The van der Waals surface area contributed by atoms with Gasteiger partial charge >= 0.3 is 6.18 Å². The number of oxime groups is 1. The third-order valence-electron chi connectivity index (χ3n) is 4.66. The maximum Gasteiger partial charge on any atom is 0.416 e. The van der Waals surface area contributed by atoms with E-state index in [-0.39, 0.29) is 29.0 Å². The van der Waals surface area contributed by atoms with Crippen molar-refractivity contribution < 1.29 is 27.9 Å². The number of carbonyl (C=O) groups excluding carboxylic acids is 1. The third-order valence-corrected chi connectivity index (χ3v) is 5.96. The summed E-state index contributed by atoms with van der Waals surface area (Å²) >= 11 is 1.44. The Morgan fingerprint density at radius 3 is 2.50 bits per heavy atom. The van der Waals surface area contributed by atoms with Crippen LogP contribution < -0.4 is 0 Å². The normalized spacial score (nSPS) is 19.7. The van der Waals surface area contributed by atoms with Crippen molar-refractivity contribution in [1.82, 2.24) is 0 Å². The number of nitrogens with zero attached hydrogens (tertiary/aromatic N) is 1. The van der Waals surface area contributed by atoms with Crippen molar-refractivity contribution in [2.45, 2.75) is 44.7 Å². The number of hydrogen-bond donors (Lipinski definition) is 1. The zero-order chi connectivity index (χ0) is 20.9. The smallest absolute Gasteiger partial charge is 0.416 e. The molecule has 1 aliphatic carbocycles.